The van der Waals surface area contributed by atoms with Crippen LogP contribution in [0.1, 0.15) is 16.7 Å². The Morgan fingerprint density at radius 1 is 0.957 bits per heavy atom. The number of aliphatic hydroxyl groups excluding tert-OH is 1. The van der Waals surface area contributed by atoms with Crippen molar-refractivity contribution in [2.75, 3.05) is 4.90 Å². The van der Waals surface area contributed by atoms with Crippen LogP contribution >= 0.6 is 0 Å². The van der Waals surface area contributed by atoms with Crippen LogP contribution in [-0.2, 0) is 9.59 Å². The van der Waals surface area contributed by atoms with Crippen LogP contribution in [0.2, 0.25) is 0 Å². The van der Waals surface area contributed by atoms with Gasteiger partial charge in [-0.2, -0.15) is 0 Å². The summed E-state index contributed by atoms with van der Waals surface area (Å²) in [5.41, 5.74) is 2.25. The highest BCUT2D eigenvalue weighted by Crippen LogP contribution is 2.33. The first-order chi connectivity index (χ1) is 10.9. The highest BCUT2D eigenvalue weighted by Gasteiger charge is 2.40. The Morgan fingerprint density at radius 2 is 1.61 bits per heavy atom. The number of anilines is 1. The van der Waals surface area contributed by atoms with E-state index in [2.05, 4.69) is 0 Å². The number of imide groups is 1. The van der Waals surface area contributed by atoms with Crippen molar-refractivity contribution in [3.8, 4) is 0 Å². The van der Waals surface area contributed by atoms with Gasteiger partial charge in [0.1, 0.15) is 5.82 Å². The Kier molecular flexibility index (Phi) is 3.48. The minimum Gasteiger partial charge on any atom is -0.502 e. The summed E-state index contributed by atoms with van der Waals surface area (Å²) in [5, 5.41) is 10.1. The molecular formula is C18H14FNO3. The first-order valence-corrected chi connectivity index (χ1v) is 7.05. The molecule has 1 heterocycles. The summed E-state index contributed by atoms with van der Waals surface area (Å²) in [7, 11) is 0. The maximum absolute atomic E-state index is 13.0. The van der Waals surface area contributed by atoms with Crippen molar-refractivity contribution in [1.82, 2.24) is 0 Å². The molecule has 0 radical (unpaired) electrons. The topological polar surface area (TPSA) is 57.6 Å². The molecule has 2 aromatic rings. The summed E-state index contributed by atoms with van der Waals surface area (Å²) in [4.78, 5) is 26.0. The van der Waals surface area contributed by atoms with Crippen LogP contribution in [-0.4, -0.2) is 16.9 Å². The predicted molar refractivity (Wildman–Crippen MR) is 84.4 cm³/mol. The summed E-state index contributed by atoms with van der Waals surface area (Å²) in [6.07, 6.45) is 0. The maximum atomic E-state index is 13.0. The fourth-order valence-electron chi connectivity index (χ4n) is 2.57. The summed E-state index contributed by atoms with van der Waals surface area (Å²) < 4.78 is 13.0. The lowest BCUT2D eigenvalue weighted by Crippen LogP contribution is -2.32. The van der Waals surface area contributed by atoms with E-state index >= 15 is 0 Å². The van der Waals surface area contributed by atoms with Crippen LogP contribution in [0.15, 0.2) is 48.2 Å². The second kappa shape index (κ2) is 5.35. The highest BCUT2D eigenvalue weighted by molar-refractivity contribution is 6.45. The summed E-state index contributed by atoms with van der Waals surface area (Å²) in [6.45, 7) is 3.63. The van der Waals surface area contributed by atoms with Crippen molar-refractivity contribution in [3.63, 3.8) is 0 Å². The van der Waals surface area contributed by atoms with Gasteiger partial charge in [-0.25, -0.2) is 9.29 Å². The SMILES string of the molecule is Cc1ccc(C)c(N2C(=O)C(O)=C(c3ccc(F)cc3)C2=O)c1. The molecule has 0 aliphatic carbocycles. The molecule has 0 saturated heterocycles. The molecule has 2 amide bonds. The number of carbonyl (C=O) groups is 2. The number of rotatable bonds is 2. The van der Waals surface area contributed by atoms with Gasteiger partial charge in [-0.1, -0.05) is 24.3 Å². The van der Waals surface area contributed by atoms with Gasteiger partial charge in [-0.3, -0.25) is 9.59 Å². The second-order valence-corrected chi connectivity index (χ2v) is 5.47. The Hall–Kier alpha value is -2.95. The van der Waals surface area contributed by atoms with Gasteiger partial charge >= 0.3 is 5.91 Å². The third-order valence-electron chi connectivity index (χ3n) is 3.80. The van der Waals surface area contributed by atoms with E-state index in [1.54, 1.807) is 19.1 Å². The van der Waals surface area contributed by atoms with Gasteiger partial charge < -0.3 is 5.11 Å². The van der Waals surface area contributed by atoms with Crippen LogP contribution in [0.3, 0.4) is 0 Å². The van der Waals surface area contributed by atoms with Gasteiger partial charge in [0.05, 0.1) is 11.3 Å². The third-order valence-corrected chi connectivity index (χ3v) is 3.80. The van der Waals surface area contributed by atoms with Gasteiger partial charge in [-0.15, -0.1) is 0 Å². The Morgan fingerprint density at radius 3 is 2.26 bits per heavy atom. The number of halogens is 1. The van der Waals surface area contributed by atoms with Crippen molar-refractivity contribution in [3.05, 3.63) is 70.7 Å². The quantitative estimate of drug-likeness (QED) is 0.866. The van der Waals surface area contributed by atoms with E-state index in [4.69, 9.17) is 0 Å². The number of carbonyl (C=O) groups excluding carboxylic acids is 2. The molecule has 3 rings (SSSR count). The number of hydrogen-bond acceptors (Lipinski definition) is 3. The second-order valence-electron chi connectivity index (χ2n) is 5.47. The van der Waals surface area contributed by atoms with E-state index in [0.29, 0.717) is 11.3 Å². The molecule has 1 N–H and O–H groups in total. The summed E-state index contributed by atoms with van der Waals surface area (Å²) in [5.74, 6) is -2.48. The van der Waals surface area contributed by atoms with Crippen molar-refractivity contribution in [1.29, 1.82) is 0 Å². The van der Waals surface area contributed by atoms with Gasteiger partial charge in [0.15, 0.2) is 5.76 Å². The number of aliphatic hydroxyl groups is 1. The van der Waals surface area contributed by atoms with Crippen LogP contribution in [0, 0.1) is 19.7 Å². The molecule has 1 aliphatic heterocycles. The van der Waals surface area contributed by atoms with E-state index in [0.717, 1.165) is 16.0 Å². The minimum atomic E-state index is -0.775. The Labute approximate surface area is 132 Å². The number of amides is 2. The van der Waals surface area contributed by atoms with Gasteiger partial charge in [-0.05, 0) is 48.7 Å². The lowest BCUT2D eigenvalue weighted by atomic mass is 10.1. The number of hydrogen-bond donors (Lipinski definition) is 1. The van der Waals surface area contributed by atoms with Crippen LogP contribution in [0.25, 0.3) is 5.57 Å². The fraction of sp³-hybridized carbons (Fsp3) is 0.111. The monoisotopic (exact) mass is 311 g/mol. The molecule has 0 atom stereocenters. The van der Waals surface area contributed by atoms with Crippen LogP contribution < -0.4 is 4.90 Å². The first kappa shape index (κ1) is 15.0. The summed E-state index contributed by atoms with van der Waals surface area (Å²) >= 11 is 0. The smallest absolute Gasteiger partial charge is 0.301 e. The molecule has 2 aromatic carbocycles. The zero-order valence-electron chi connectivity index (χ0n) is 12.6. The Bertz CT molecular complexity index is 853. The third kappa shape index (κ3) is 2.40. The van der Waals surface area contributed by atoms with E-state index in [-0.39, 0.29) is 5.57 Å². The highest BCUT2D eigenvalue weighted by atomic mass is 19.1. The van der Waals surface area contributed by atoms with Crippen molar-refractivity contribution < 1.29 is 19.1 Å². The van der Waals surface area contributed by atoms with E-state index in [1.165, 1.54) is 24.3 Å². The molecular weight excluding hydrogens is 297 g/mol. The largest absolute Gasteiger partial charge is 0.502 e. The molecule has 0 bridgehead atoms. The molecule has 23 heavy (non-hydrogen) atoms. The first-order valence-electron chi connectivity index (χ1n) is 7.05. The lowest BCUT2D eigenvalue weighted by Gasteiger charge is -2.17. The predicted octanol–water partition coefficient (Wildman–Crippen LogP) is 3.29. The van der Waals surface area contributed by atoms with Crippen LogP contribution in [0.4, 0.5) is 10.1 Å². The van der Waals surface area contributed by atoms with E-state index < -0.39 is 23.4 Å². The zero-order chi connectivity index (χ0) is 16.7. The molecule has 116 valence electrons. The normalized spacial score (nSPS) is 14.8. The summed E-state index contributed by atoms with van der Waals surface area (Å²) in [6, 6.07) is 10.5. The number of aryl methyl sites for hydroxylation is 2. The van der Waals surface area contributed by atoms with Crippen molar-refractivity contribution in [2.45, 2.75) is 13.8 Å². The molecule has 4 nitrogen and oxygen atoms in total. The standard InChI is InChI=1S/C18H14FNO3/c1-10-3-4-11(2)14(9-10)20-17(22)15(16(21)18(20)23)12-5-7-13(19)8-6-12/h3-9,21H,1-2H3. The Balaban J connectivity index is 2.09. The van der Waals surface area contributed by atoms with E-state index in [1.807, 2.05) is 13.0 Å². The molecule has 0 spiro atoms. The zero-order valence-corrected chi connectivity index (χ0v) is 12.6. The maximum Gasteiger partial charge on any atom is 0.301 e. The lowest BCUT2D eigenvalue weighted by molar-refractivity contribution is -0.121. The molecule has 1 aliphatic rings. The van der Waals surface area contributed by atoms with Crippen molar-refractivity contribution in [2.24, 2.45) is 0 Å². The average Bonchev–Trinajstić information content (AvgIpc) is 2.73. The molecule has 0 unspecified atom stereocenters. The average molecular weight is 311 g/mol. The molecule has 5 heteroatoms. The van der Waals surface area contributed by atoms with E-state index in [9.17, 15) is 19.1 Å². The number of benzene rings is 2. The number of nitrogens with zero attached hydrogens (tertiary/aromatic N) is 1. The van der Waals surface area contributed by atoms with Gasteiger partial charge in [0, 0.05) is 0 Å². The van der Waals surface area contributed by atoms with Crippen LogP contribution in [0.5, 0.6) is 0 Å². The van der Waals surface area contributed by atoms with Crippen molar-refractivity contribution >= 4 is 23.1 Å². The minimum absolute atomic E-state index is 0.115. The van der Waals surface area contributed by atoms with Gasteiger partial charge in [0.25, 0.3) is 5.91 Å². The fourth-order valence-corrected chi connectivity index (χ4v) is 2.57. The molecule has 0 saturated carbocycles. The molecule has 0 aromatic heterocycles. The molecule has 0 fully saturated rings. The van der Waals surface area contributed by atoms with Gasteiger partial charge in [0.2, 0.25) is 0 Å².